The van der Waals surface area contributed by atoms with Crippen molar-refractivity contribution in [2.45, 2.75) is 58.6 Å². The van der Waals surface area contributed by atoms with Gasteiger partial charge in [0.2, 0.25) is 0 Å². The first-order valence-corrected chi connectivity index (χ1v) is 9.37. The van der Waals surface area contributed by atoms with Crippen LogP contribution < -0.4 is 15.2 Å². The molecule has 10 nitrogen and oxygen atoms in total. The topological polar surface area (TPSA) is 151 Å². The summed E-state index contributed by atoms with van der Waals surface area (Å²) in [4.78, 5) is 45.9. The number of carboxylic acid groups (broad SMARTS) is 1. The monoisotopic (exact) mass is 425 g/mol. The average Bonchev–Trinajstić information content (AvgIpc) is 2.64. The molecule has 166 valence electrons. The fourth-order valence-corrected chi connectivity index (χ4v) is 2.68. The van der Waals surface area contributed by atoms with E-state index in [0.717, 1.165) is 0 Å². The van der Waals surface area contributed by atoms with Crippen LogP contribution >= 0.6 is 0 Å². The Hall–Kier alpha value is -3.14. The minimum absolute atomic E-state index is 0.00321. The van der Waals surface area contributed by atoms with Gasteiger partial charge in [0.05, 0.1) is 6.61 Å². The maximum absolute atomic E-state index is 11.7. The zero-order valence-corrected chi connectivity index (χ0v) is 17.4. The van der Waals surface area contributed by atoms with E-state index >= 15 is 0 Å². The smallest absolute Gasteiger partial charge is 0.480 e. The molecule has 1 aromatic carbocycles. The highest BCUT2D eigenvalue weighted by Gasteiger charge is 2.30. The minimum atomic E-state index is -1.34. The minimum Gasteiger partial charge on any atom is -0.480 e. The van der Waals surface area contributed by atoms with Gasteiger partial charge in [0.15, 0.2) is 11.5 Å². The Morgan fingerprint density at radius 2 is 1.67 bits per heavy atom. The summed E-state index contributed by atoms with van der Waals surface area (Å²) in [5.74, 6) is -3.42. The van der Waals surface area contributed by atoms with E-state index in [1.54, 1.807) is 6.92 Å². The van der Waals surface area contributed by atoms with Crippen LogP contribution in [-0.2, 0) is 23.9 Å². The average molecular weight is 425 g/mol. The highest BCUT2D eigenvalue weighted by Crippen LogP contribution is 2.34. The van der Waals surface area contributed by atoms with E-state index in [1.165, 1.54) is 32.0 Å². The van der Waals surface area contributed by atoms with Crippen molar-refractivity contribution in [3.8, 4) is 11.5 Å². The second-order valence-corrected chi connectivity index (χ2v) is 6.63. The number of rotatable bonds is 10. The fourth-order valence-electron chi connectivity index (χ4n) is 2.68. The molecule has 0 heterocycles. The lowest BCUT2D eigenvalue weighted by atomic mass is 9.87. The van der Waals surface area contributed by atoms with Gasteiger partial charge in [-0.25, -0.2) is 4.79 Å². The van der Waals surface area contributed by atoms with E-state index in [2.05, 4.69) is 0 Å². The molecule has 0 fully saturated rings. The van der Waals surface area contributed by atoms with E-state index in [-0.39, 0.29) is 24.5 Å². The Morgan fingerprint density at radius 3 is 2.20 bits per heavy atom. The predicted octanol–water partition coefficient (Wildman–Crippen LogP) is 2.37. The first kappa shape index (κ1) is 24.9. The van der Waals surface area contributed by atoms with E-state index in [9.17, 15) is 24.3 Å². The number of aliphatic carboxylic acids is 1. The molecule has 1 aromatic rings. The summed E-state index contributed by atoms with van der Waals surface area (Å²) in [5, 5.41) is 9.40. The van der Waals surface area contributed by atoms with Crippen molar-refractivity contribution in [2.75, 3.05) is 6.61 Å². The fraction of sp³-hybridized carbons (Fsp3) is 0.500. The second-order valence-electron chi connectivity index (χ2n) is 6.63. The molecule has 0 radical (unpaired) electrons. The molecule has 30 heavy (non-hydrogen) atoms. The number of hydrogen-bond donors (Lipinski definition) is 2. The van der Waals surface area contributed by atoms with Crippen LogP contribution in [0.25, 0.3) is 0 Å². The number of esters is 2. The number of carbonyl (C=O) groups excluding carboxylic acids is 3. The first-order chi connectivity index (χ1) is 14.0. The normalized spacial score (nSPS) is 13.5. The van der Waals surface area contributed by atoms with Crippen LogP contribution in [0.15, 0.2) is 18.2 Å². The SMILES string of the molecule is CCCOC(=O)OC(C)CC(c1ccc(OC(C)=O)c(OC(C)=O)c1)[C@H](N)C(=O)O. The third kappa shape index (κ3) is 8.08. The van der Waals surface area contributed by atoms with E-state index in [4.69, 9.17) is 24.7 Å². The van der Waals surface area contributed by atoms with Gasteiger partial charge in [0, 0.05) is 19.8 Å². The molecule has 0 bridgehead atoms. The summed E-state index contributed by atoms with van der Waals surface area (Å²) in [6.45, 7) is 5.97. The van der Waals surface area contributed by atoms with Gasteiger partial charge < -0.3 is 29.8 Å². The van der Waals surface area contributed by atoms with Crippen molar-refractivity contribution < 1.29 is 43.2 Å². The van der Waals surface area contributed by atoms with Gasteiger partial charge in [-0.3, -0.25) is 14.4 Å². The van der Waals surface area contributed by atoms with Gasteiger partial charge in [0.25, 0.3) is 0 Å². The summed E-state index contributed by atoms with van der Waals surface area (Å²) in [7, 11) is 0. The lowest BCUT2D eigenvalue weighted by Crippen LogP contribution is -2.38. The molecule has 1 rings (SSSR count). The Balaban J connectivity index is 3.17. The number of nitrogens with two attached hydrogens (primary N) is 1. The molecule has 0 saturated carbocycles. The Morgan fingerprint density at radius 1 is 1.07 bits per heavy atom. The molecule has 10 heteroatoms. The molecular formula is C20H27NO9. The van der Waals surface area contributed by atoms with E-state index in [1.807, 2.05) is 6.92 Å². The maximum Gasteiger partial charge on any atom is 0.508 e. The summed E-state index contributed by atoms with van der Waals surface area (Å²) >= 11 is 0. The van der Waals surface area contributed by atoms with Crippen molar-refractivity contribution in [3.05, 3.63) is 23.8 Å². The molecular weight excluding hydrogens is 398 g/mol. The summed E-state index contributed by atoms with van der Waals surface area (Å²) in [5.41, 5.74) is 6.26. The van der Waals surface area contributed by atoms with Crippen LogP contribution in [0, 0.1) is 0 Å². The molecule has 0 aromatic heterocycles. The Bertz CT molecular complexity index is 778. The molecule has 0 aliphatic rings. The predicted molar refractivity (Wildman–Crippen MR) is 104 cm³/mol. The van der Waals surface area contributed by atoms with Crippen LogP contribution in [0.1, 0.15) is 52.0 Å². The maximum atomic E-state index is 11.7. The van der Waals surface area contributed by atoms with Crippen LogP contribution in [0.3, 0.4) is 0 Å². The zero-order chi connectivity index (χ0) is 22.8. The highest BCUT2D eigenvalue weighted by molar-refractivity contribution is 5.76. The van der Waals surface area contributed by atoms with Crippen LogP contribution in [-0.4, -0.2) is 47.9 Å². The lowest BCUT2D eigenvalue weighted by Gasteiger charge is -2.25. The lowest BCUT2D eigenvalue weighted by molar-refractivity contribution is -0.139. The quantitative estimate of drug-likeness (QED) is 0.422. The zero-order valence-electron chi connectivity index (χ0n) is 17.4. The number of benzene rings is 1. The molecule has 0 aliphatic heterocycles. The second kappa shape index (κ2) is 11.8. The molecule has 2 unspecified atom stereocenters. The molecule has 0 spiro atoms. The molecule has 0 aliphatic carbocycles. The van der Waals surface area contributed by atoms with E-state index in [0.29, 0.717) is 12.0 Å². The van der Waals surface area contributed by atoms with Crippen molar-refractivity contribution in [2.24, 2.45) is 5.73 Å². The van der Waals surface area contributed by atoms with Crippen LogP contribution in [0.5, 0.6) is 11.5 Å². The van der Waals surface area contributed by atoms with E-state index < -0.39 is 42.1 Å². The van der Waals surface area contributed by atoms with Gasteiger partial charge in [0.1, 0.15) is 12.1 Å². The number of carboxylic acids is 1. The van der Waals surface area contributed by atoms with Crippen molar-refractivity contribution in [3.63, 3.8) is 0 Å². The van der Waals surface area contributed by atoms with Gasteiger partial charge in [-0.1, -0.05) is 13.0 Å². The molecule has 3 N–H and O–H groups in total. The van der Waals surface area contributed by atoms with Crippen molar-refractivity contribution >= 4 is 24.1 Å². The van der Waals surface area contributed by atoms with Crippen LogP contribution in [0.4, 0.5) is 4.79 Å². The third-order valence-electron chi connectivity index (χ3n) is 3.93. The summed E-state index contributed by atoms with van der Waals surface area (Å²) in [6, 6.07) is 2.90. The van der Waals surface area contributed by atoms with Gasteiger partial charge in [-0.2, -0.15) is 0 Å². The number of hydrogen-bond acceptors (Lipinski definition) is 9. The Labute approximate surface area is 174 Å². The number of ether oxygens (including phenoxy) is 4. The van der Waals surface area contributed by atoms with Crippen LogP contribution in [0.2, 0.25) is 0 Å². The Kier molecular flexibility index (Phi) is 9.76. The van der Waals surface area contributed by atoms with Gasteiger partial charge in [-0.15, -0.1) is 0 Å². The molecule has 0 amide bonds. The summed E-state index contributed by atoms with van der Waals surface area (Å²) < 4.78 is 20.1. The summed E-state index contributed by atoms with van der Waals surface area (Å²) in [6.07, 6.45) is -0.891. The standard InChI is InChI=1S/C20H27NO9/c1-5-8-27-20(26)28-11(2)9-15(18(21)19(24)25)14-6-7-16(29-12(3)22)17(10-14)30-13(4)23/h6-7,10-11,15,18H,5,8-9,21H2,1-4H3,(H,24,25)/t11?,15?,18-/m0/s1. The largest absolute Gasteiger partial charge is 0.508 e. The van der Waals surface area contributed by atoms with Crippen molar-refractivity contribution in [1.82, 2.24) is 0 Å². The molecule has 3 atom stereocenters. The van der Waals surface area contributed by atoms with Gasteiger partial charge >= 0.3 is 24.1 Å². The van der Waals surface area contributed by atoms with Crippen molar-refractivity contribution in [1.29, 1.82) is 0 Å². The number of carbonyl (C=O) groups is 4. The van der Waals surface area contributed by atoms with Gasteiger partial charge in [-0.05, 0) is 37.5 Å². The third-order valence-corrected chi connectivity index (χ3v) is 3.93. The molecule has 0 saturated heterocycles. The first-order valence-electron chi connectivity index (χ1n) is 9.37. The highest BCUT2D eigenvalue weighted by atomic mass is 16.7.